The lowest BCUT2D eigenvalue weighted by Crippen LogP contribution is -2.41. The van der Waals surface area contributed by atoms with Crippen LogP contribution in [0.2, 0.25) is 0 Å². The zero-order chi connectivity index (χ0) is 17.1. The predicted molar refractivity (Wildman–Crippen MR) is 94.3 cm³/mol. The summed E-state index contributed by atoms with van der Waals surface area (Å²) in [6.07, 6.45) is 3.40. The van der Waals surface area contributed by atoms with E-state index in [9.17, 15) is 9.59 Å². The molecule has 0 bridgehead atoms. The van der Waals surface area contributed by atoms with E-state index in [0.29, 0.717) is 6.54 Å². The lowest BCUT2D eigenvalue weighted by Gasteiger charge is -2.33. The van der Waals surface area contributed by atoms with E-state index in [4.69, 9.17) is 0 Å². The molecule has 3 rings (SSSR count). The van der Waals surface area contributed by atoms with Crippen LogP contribution in [0.25, 0.3) is 0 Å². The lowest BCUT2D eigenvalue weighted by atomic mass is 9.96. The third-order valence-electron chi connectivity index (χ3n) is 4.46. The minimum atomic E-state index is -0.227. The molecule has 1 atom stereocenters. The van der Waals surface area contributed by atoms with Crippen molar-refractivity contribution in [3.8, 4) is 0 Å². The number of H-pyrrole nitrogens is 1. The summed E-state index contributed by atoms with van der Waals surface area (Å²) in [7, 11) is 0. The summed E-state index contributed by atoms with van der Waals surface area (Å²) in [4.78, 5) is 26.1. The Labute approximate surface area is 140 Å². The van der Waals surface area contributed by atoms with Crippen molar-refractivity contribution in [3.05, 3.63) is 51.9 Å². The van der Waals surface area contributed by atoms with E-state index in [1.807, 2.05) is 32.0 Å². The number of benzene rings is 1. The first kappa shape index (κ1) is 16.2. The van der Waals surface area contributed by atoms with Crippen LogP contribution >= 0.6 is 0 Å². The Morgan fingerprint density at radius 2 is 2.17 bits per heavy atom. The number of hydrogen-bond donors (Lipinski definition) is 2. The number of nitrogens with one attached hydrogen (secondary N) is 2. The fourth-order valence-electron chi connectivity index (χ4n) is 3.07. The molecule has 1 aromatic carbocycles. The zero-order valence-electron chi connectivity index (χ0n) is 14.0. The first-order chi connectivity index (χ1) is 11.5. The first-order valence-electron chi connectivity index (χ1n) is 8.21. The standard InChI is InChI=1S/C18H22N4O2/c1-12-5-6-13(2)16(8-12)20-18(24)14-4-3-7-22(11-14)15-9-17(23)21-19-10-15/h5-6,8-10,14H,3-4,7,11H2,1-2H3,(H,20,24)(H,21,23). The van der Waals surface area contributed by atoms with Crippen molar-refractivity contribution in [1.29, 1.82) is 0 Å². The number of anilines is 2. The van der Waals surface area contributed by atoms with Crippen LogP contribution in [-0.4, -0.2) is 29.2 Å². The van der Waals surface area contributed by atoms with Crippen LogP contribution in [0, 0.1) is 19.8 Å². The molecule has 0 aliphatic carbocycles. The van der Waals surface area contributed by atoms with Crippen molar-refractivity contribution >= 4 is 17.3 Å². The molecule has 1 amide bonds. The highest BCUT2D eigenvalue weighted by atomic mass is 16.2. The maximum absolute atomic E-state index is 12.7. The van der Waals surface area contributed by atoms with Gasteiger partial charge in [-0.05, 0) is 43.9 Å². The zero-order valence-corrected chi connectivity index (χ0v) is 14.0. The minimum absolute atomic E-state index is 0.0335. The number of carbonyl (C=O) groups excluding carboxylic acids is 1. The normalized spacial score (nSPS) is 17.6. The third-order valence-corrected chi connectivity index (χ3v) is 4.46. The Hall–Kier alpha value is -2.63. The smallest absolute Gasteiger partial charge is 0.266 e. The second kappa shape index (κ2) is 6.86. The highest BCUT2D eigenvalue weighted by Crippen LogP contribution is 2.24. The number of piperidine rings is 1. The molecule has 1 aliphatic heterocycles. The van der Waals surface area contributed by atoms with E-state index in [1.165, 1.54) is 6.07 Å². The van der Waals surface area contributed by atoms with Gasteiger partial charge in [-0.1, -0.05) is 12.1 Å². The van der Waals surface area contributed by atoms with Crippen LogP contribution < -0.4 is 15.8 Å². The molecular weight excluding hydrogens is 304 g/mol. The average molecular weight is 326 g/mol. The van der Waals surface area contributed by atoms with Gasteiger partial charge in [0.2, 0.25) is 5.91 Å². The molecule has 2 heterocycles. The van der Waals surface area contributed by atoms with Crippen molar-refractivity contribution in [2.75, 3.05) is 23.3 Å². The second-order valence-electron chi connectivity index (χ2n) is 6.40. The van der Waals surface area contributed by atoms with Gasteiger partial charge in [-0.2, -0.15) is 5.10 Å². The summed E-state index contributed by atoms with van der Waals surface area (Å²) < 4.78 is 0. The van der Waals surface area contributed by atoms with Crippen molar-refractivity contribution in [3.63, 3.8) is 0 Å². The molecule has 24 heavy (non-hydrogen) atoms. The van der Waals surface area contributed by atoms with Gasteiger partial charge in [0, 0.05) is 24.8 Å². The maximum Gasteiger partial charge on any atom is 0.266 e. The van der Waals surface area contributed by atoms with Crippen LogP contribution in [0.1, 0.15) is 24.0 Å². The minimum Gasteiger partial charge on any atom is -0.369 e. The second-order valence-corrected chi connectivity index (χ2v) is 6.40. The van der Waals surface area contributed by atoms with Gasteiger partial charge in [-0.25, -0.2) is 5.10 Å². The molecule has 2 N–H and O–H groups in total. The van der Waals surface area contributed by atoms with E-state index >= 15 is 0 Å². The summed E-state index contributed by atoms with van der Waals surface area (Å²) in [5, 5.41) is 9.27. The van der Waals surface area contributed by atoms with Gasteiger partial charge in [0.1, 0.15) is 0 Å². The van der Waals surface area contributed by atoms with Crippen molar-refractivity contribution in [2.45, 2.75) is 26.7 Å². The average Bonchev–Trinajstić information content (AvgIpc) is 2.58. The van der Waals surface area contributed by atoms with Gasteiger partial charge in [0.05, 0.1) is 17.8 Å². The third kappa shape index (κ3) is 3.64. The number of nitrogens with zero attached hydrogens (tertiary/aromatic N) is 2. The molecule has 6 nitrogen and oxygen atoms in total. The number of rotatable bonds is 3. The highest BCUT2D eigenvalue weighted by molar-refractivity contribution is 5.93. The molecule has 1 aromatic heterocycles. The summed E-state index contributed by atoms with van der Waals surface area (Å²) in [6.45, 7) is 5.43. The lowest BCUT2D eigenvalue weighted by molar-refractivity contribution is -0.120. The topological polar surface area (TPSA) is 78.1 Å². The van der Waals surface area contributed by atoms with E-state index in [1.54, 1.807) is 6.20 Å². The van der Waals surface area contributed by atoms with E-state index < -0.39 is 0 Å². The fourth-order valence-corrected chi connectivity index (χ4v) is 3.07. The van der Waals surface area contributed by atoms with Crippen molar-refractivity contribution in [1.82, 2.24) is 10.2 Å². The van der Waals surface area contributed by atoms with Crippen LogP contribution in [0.5, 0.6) is 0 Å². The SMILES string of the molecule is Cc1ccc(C)c(NC(=O)C2CCCN(c3cn[nH]c(=O)c3)C2)c1. The largest absolute Gasteiger partial charge is 0.369 e. The summed E-state index contributed by atoms with van der Waals surface area (Å²) in [6, 6.07) is 7.57. The number of carbonyl (C=O) groups is 1. The number of amides is 1. The van der Waals surface area contributed by atoms with Crippen molar-refractivity contribution < 1.29 is 4.79 Å². The van der Waals surface area contributed by atoms with Crippen LogP contribution in [0.4, 0.5) is 11.4 Å². The van der Waals surface area contributed by atoms with E-state index in [-0.39, 0.29) is 17.4 Å². The number of hydrogen-bond acceptors (Lipinski definition) is 4. The molecular formula is C18H22N4O2. The Bertz CT molecular complexity index is 800. The molecule has 0 saturated carbocycles. The molecule has 1 aliphatic rings. The number of aryl methyl sites for hydroxylation is 2. The van der Waals surface area contributed by atoms with Crippen LogP contribution in [0.3, 0.4) is 0 Å². The Kier molecular flexibility index (Phi) is 4.64. The Morgan fingerprint density at radius 3 is 2.96 bits per heavy atom. The molecule has 2 aromatic rings. The first-order valence-corrected chi connectivity index (χ1v) is 8.21. The van der Waals surface area contributed by atoms with Gasteiger partial charge in [-0.15, -0.1) is 0 Å². The Morgan fingerprint density at radius 1 is 1.33 bits per heavy atom. The van der Waals surface area contributed by atoms with Crippen LogP contribution in [0.15, 0.2) is 35.3 Å². The number of aromatic nitrogens is 2. The van der Waals surface area contributed by atoms with Gasteiger partial charge < -0.3 is 10.2 Å². The maximum atomic E-state index is 12.7. The fraction of sp³-hybridized carbons (Fsp3) is 0.389. The van der Waals surface area contributed by atoms with Gasteiger partial charge in [0.15, 0.2) is 0 Å². The van der Waals surface area contributed by atoms with E-state index in [2.05, 4.69) is 20.4 Å². The summed E-state index contributed by atoms with van der Waals surface area (Å²) >= 11 is 0. The van der Waals surface area contributed by atoms with Crippen LogP contribution in [-0.2, 0) is 4.79 Å². The predicted octanol–water partition coefficient (Wildman–Crippen LogP) is 2.24. The molecule has 0 radical (unpaired) electrons. The highest BCUT2D eigenvalue weighted by Gasteiger charge is 2.26. The molecule has 0 spiro atoms. The van der Waals surface area contributed by atoms with Gasteiger partial charge >= 0.3 is 0 Å². The monoisotopic (exact) mass is 326 g/mol. The molecule has 1 fully saturated rings. The molecule has 6 heteroatoms. The van der Waals surface area contributed by atoms with E-state index in [0.717, 1.165) is 41.9 Å². The van der Waals surface area contributed by atoms with Gasteiger partial charge in [-0.3, -0.25) is 9.59 Å². The molecule has 126 valence electrons. The van der Waals surface area contributed by atoms with Gasteiger partial charge in [0.25, 0.3) is 5.56 Å². The quantitative estimate of drug-likeness (QED) is 0.907. The Balaban J connectivity index is 1.71. The van der Waals surface area contributed by atoms with Crippen molar-refractivity contribution in [2.24, 2.45) is 5.92 Å². The summed E-state index contributed by atoms with van der Waals surface area (Å²) in [5.41, 5.74) is 3.59. The number of aromatic amines is 1. The molecule has 1 saturated heterocycles. The summed E-state index contributed by atoms with van der Waals surface area (Å²) in [5.74, 6) is -0.0656. The molecule has 1 unspecified atom stereocenters.